The van der Waals surface area contributed by atoms with Crippen LogP contribution in [0.4, 0.5) is 4.79 Å². The van der Waals surface area contributed by atoms with Crippen molar-refractivity contribution in [2.75, 3.05) is 27.3 Å². The first kappa shape index (κ1) is 24.9. The summed E-state index contributed by atoms with van der Waals surface area (Å²) < 4.78 is 16.2. The Hall–Kier alpha value is -2.77. The summed E-state index contributed by atoms with van der Waals surface area (Å²) in [6.07, 6.45) is 0.561. The topological polar surface area (TPSA) is 80.3 Å². The van der Waals surface area contributed by atoms with Crippen molar-refractivity contribution in [3.63, 3.8) is 0 Å². The van der Waals surface area contributed by atoms with Crippen LogP contribution >= 0.6 is 0 Å². The number of carbonyl (C=O) groups excluding carboxylic acids is 1. The Kier molecular flexibility index (Phi) is 8.21. The normalized spacial score (nSPS) is 14.6. The number of nitrogens with zero attached hydrogens (tertiary/aromatic N) is 1. The van der Waals surface area contributed by atoms with Crippen molar-refractivity contribution in [3.8, 4) is 11.5 Å². The van der Waals surface area contributed by atoms with Gasteiger partial charge in [-0.25, -0.2) is 4.79 Å². The molecule has 1 atom stereocenters. The lowest BCUT2D eigenvalue weighted by molar-refractivity contribution is 0.0444. The van der Waals surface area contributed by atoms with Gasteiger partial charge < -0.3 is 24.6 Å². The molecule has 2 aromatic rings. The third kappa shape index (κ3) is 7.11. The monoisotopic (exact) mass is 456 g/mol. The number of ether oxygens (including phenoxy) is 3. The SMILES string of the molecule is COc1ccc(CN(CC(O)CNC(=O)OC(C)(C)C)C2Cc3ccccc3C2)c(OC)c1. The second-order valence-corrected chi connectivity index (χ2v) is 9.47. The third-order valence-corrected chi connectivity index (χ3v) is 5.74. The molecule has 2 aromatic carbocycles. The second kappa shape index (κ2) is 10.9. The van der Waals surface area contributed by atoms with Gasteiger partial charge in [0.1, 0.15) is 17.1 Å². The minimum Gasteiger partial charge on any atom is -0.497 e. The van der Waals surface area contributed by atoms with Crippen LogP contribution in [0.25, 0.3) is 0 Å². The molecule has 33 heavy (non-hydrogen) atoms. The lowest BCUT2D eigenvalue weighted by Crippen LogP contribution is -2.45. The number of methoxy groups -OCH3 is 2. The van der Waals surface area contributed by atoms with E-state index < -0.39 is 17.8 Å². The van der Waals surface area contributed by atoms with Gasteiger partial charge in [-0.3, -0.25) is 4.90 Å². The molecule has 0 fully saturated rings. The number of nitrogens with one attached hydrogen (secondary N) is 1. The zero-order valence-electron chi connectivity index (χ0n) is 20.3. The fourth-order valence-corrected chi connectivity index (χ4v) is 4.19. The summed E-state index contributed by atoms with van der Waals surface area (Å²) in [6, 6.07) is 14.5. The van der Waals surface area contributed by atoms with E-state index in [1.165, 1.54) is 11.1 Å². The van der Waals surface area contributed by atoms with Crippen LogP contribution in [0.1, 0.15) is 37.5 Å². The van der Waals surface area contributed by atoms with Gasteiger partial charge in [-0.2, -0.15) is 0 Å². The molecule has 0 spiro atoms. The molecule has 0 heterocycles. The maximum Gasteiger partial charge on any atom is 0.407 e. The quantitative estimate of drug-likeness (QED) is 0.601. The van der Waals surface area contributed by atoms with Gasteiger partial charge in [-0.15, -0.1) is 0 Å². The maximum atomic E-state index is 12.0. The molecule has 0 aliphatic heterocycles. The van der Waals surface area contributed by atoms with Crippen LogP contribution in [-0.2, 0) is 24.1 Å². The summed E-state index contributed by atoms with van der Waals surface area (Å²) in [7, 11) is 3.28. The Morgan fingerprint density at radius 1 is 1.12 bits per heavy atom. The largest absolute Gasteiger partial charge is 0.497 e. The average Bonchev–Trinajstić information content (AvgIpc) is 3.20. The number of carbonyl (C=O) groups is 1. The molecule has 2 N–H and O–H groups in total. The predicted octanol–water partition coefficient (Wildman–Crippen LogP) is 3.56. The molecule has 0 aromatic heterocycles. The van der Waals surface area contributed by atoms with Crippen LogP contribution in [0.3, 0.4) is 0 Å². The van der Waals surface area contributed by atoms with Gasteiger partial charge >= 0.3 is 6.09 Å². The fraction of sp³-hybridized carbons (Fsp3) is 0.500. The molecule has 7 nitrogen and oxygen atoms in total. The van der Waals surface area contributed by atoms with E-state index in [0.717, 1.165) is 29.9 Å². The van der Waals surface area contributed by atoms with Crippen LogP contribution in [0.15, 0.2) is 42.5 Å². The van der Waals surface area contributed by atoms with Crippen LogP contribution < -0.4 is 14.8 Å². The Morgan fingerprint density at radius 3 is 2.36 bits per heavy atom. The van der Waals surface area contributed by atoms with E-state index in [4.69, 9.17) is 14.2 Å². The molecular weight excluding hydrogens is 420 g/mol. The zero-order valence-corrected chi connectivity index (χ0v) is 20.3. The van der Waals surface area contributed by atoms with Crippen molar-refractivity contribution in [3.05, 3.63) is 59.2 Å². The number of alkyl carbamates (subject to hydrolysis) is 1. The number of hydrogen-bond acceptors (Lipinski definition) is 6. The molecule has 180 valence electrons. The molecule has 0 radical (unpaired) electrons. The first-order valence-corrected chi connectivity index (χ1v) is 11.3. The number of amides is 1. The van der Waals surface area contributed by atoms with E-state index in [1.807, 2.05) is 39.0 Å². The van der Waals surface area contributed by atoms with Crippen molar-refractivity contribution in [2.24, 2.45) is 0 Å². The van der Waals surface area contributed by atoms with Gasteiger partial charge in [0.25, 0.3) is 0 Å². The van der Waals surface area contributed by atoms with E-state index >= 15 is 0 Å². The highest BCUT2D eigenvalue weighted by atomic mass is 16.6. The van der Waals surface area contributed by atoms with Gasteiger partial charge in [0, 0.05) is 37.3 Å². The van der Waals surface area contributed by atoms with Gasteiger partial charge in [-0.05, 0) is 50.8 Å². The number of rotatable bonds is 9. The Bertz CT molecular complexity index is 916. The van der Waals surface area contributed by atoms with E-state index in [1.54, 1.807) is 14.2 Å². The third-order valence-electron chi connectivity index (χ3n) is 5.74. The summed E-state index contributed by atoms with van der Waals surface area (Å²) in [4.78, 5) is 14.3. The first-order valence-electron chi connectivity index (χ1n) is 11.3. The van der Waals surface area contributed by atoms with Crippen molar-refractivity contribution < 1.29 is 24.1 Å². The number of benzene rings is 2. The smallest absolute Gasteiger partial charge is 0.407 e. The summed E-state index contributed by atoms with van der Waals surface area (Å²) in [6.45, 7) is 6.56. The average molecular weight is 457 g/mol. The summed E-state index contributed by atoms with van der Waals surface area (Å²) >= 11 is 0. The lowest BCUT2D eigenvalue weighted by atomic mass is 10.1. The van der Waals surface area contributed by atoms with E-state index in [-0.39, 0.29) is 12.6 Å². The Balaban J connectivity index is 1.72. The van der Waals surface area contributed by atoms with Gasteiger partial charge in [0.15, 0.2) is 0 Å². The predicted molar refractivity (Wildman–Crippen MR) is 128 cm³/mol. The fourth-order valence-electron chi connectivity index (χ4n) is 4.19. The number of hydrogen-bond donors (Lipinski definition) is 2. The first-order chi connectivity index (χ1) is 15.7. The maximum absolute atomic E-state index is 12.0. The van der Waals surface area contributed by atoms with E-state index in [0.29, 0.717) is 13.1 Å². The molecule has 1 amide bonds. The molecule has 1 aliphatic rings. The summed E-state index contributed by atoms with van der Waals surface area (Å²) in [5, 5.41) is 13.4. The number of fused-ring (bicyclic) bond motifs is 1. The van der Waals surface area contributed by atoms with Crippen LogP contribution in [0.2, 0.25) is 0 Å². The molecule has 0 saturated heterocycles. The Labute approximate surface area is 196 Å². The van der Waals surface area contributed by atoms with Gasteiger partial charge in [-0.1, -0.05) is 30.3 Å². The molecule has 1 unspecified atom stereocenters. The molecule has 1 aliphatic carbocycles. The van der Waals surface area contributed by atoms with Crippen molar-refractivity contribution in [1.82, 2.24) is 10.2 Å². The molecular formula is C26H36N2O5. The minimum atomic E-state index is -0.745. The molecule has 3 rings (SSSR count). The van der Waals surface area contributed by atoms with Gasteiger partial charge in [0.05, 0.1) is 20.3 Å². The van der Waals surface area contributed by atoms with Crippen molar-refractivity contribution >= 4 is 6.09 Å². The van der Waals surface area contributed by atoms with Crippen LogP contribution in [0.5, 0.6) is 11.5 Å². The molecule has 0 bridgehead atoms. The highest BCUT2D eigenvalue weighted by Crippen LogP contribution is 2.30. The Morgan fingerprint density at radius 2 is 1.79 bits per heavy atom. The van der Waals surface area contributed by atoms with Crippen LogP contribution in [0, 0.1) is 0 Å². The van der Waals surface area contributed by atoms with E-state index in [2.05, 4.69) is 34.5 Å². The van der Waals surface area contributed by atoms with Crippen LogP contribution in [-0.4, -0.2) is 61.2 Å². The second-order valence-electron chi connectivity index (χ2n) is 9.47. The number of aliphatic hydroxyl groups is 1. The lowest BCUT2D eigenvalue weighted by Gasteiger charge is -2.31. The van der Waals surface area contributed by atoms with E-state index in [9.17, 15) is 9.90 Å². The highest BCUT2D eigenvalue weighted by molar-refractivity contribution is 5.67. The minimum absolute atomic E-state index is 0.116. The summed E-state index contributed by atoms with van der Waals surface area (Å²) in [5.41, 5.74) is 3.12. The highest BCUT2D eigenvalue weighted by Gasteiger charge is 2.29. The van der Waals surface area contributed by atoms with Gasteiger partial charge in [0.2, 0.25) is 0 Å². The molecule has 7 heteroatoms. The zero-order chi connectivity index (χ0) is 24.0. The van der Waals surface area contributed by atoms with Crippen molar-refractivity contribution in [2.45, 2.75) is 57.9 Å². The van der Waals surface area contributed by atoms with Crippen molar-refractivity contribution in [1.29, 1.82) is 0 Å². The number of aliphatic hydroxyl groups excluding tert-OH is 1. The molecule has 0 saturated carbocycles. The standard InChI is InChI=1S/C26H36N2O5/c1-26(2,3)33-25(30)27-15-22(29)17-28(21-12-18-8-6-7-9-19(18)13-21)16-20-10-11-23(31-4)14-24(20)32-5/h6-11,14,21-22,29H,12-13,15-17H2,1-5H3,(H,27,30). The summed E-state index contributed by atoms with van der Waals surface area (Å²) in [5.74, 6) is 1.48.